The Bertz CT molecular complexity index is 440. The highest BCUT2D eigenvalue weighted by atomic mass is 35.5. The van der Waals surface area contributed by atoms with E-state index in [1.807, 2.05) is 29.8 Å². The summed E-state index contributed by atoms with van der Waals surface area (Å²) in [5.41, 5.74) is 7.57. The van der Waals surface area contributed by atoms with Gasteiger partial charge in [0.1, 0.15) is 0 Å². The number of halogens is 1. The van der Waals surface area contributed by atoms with Crippen molar-refractivity contribution in [1.82, 2.24) is 4.98 Å². The third-order valence-electron chi connectivity index (χ3n) is 2.17. The smallest absolute Gasteiger partial charge is 0.0928 e. The molecule has 2 rings (SSSR count). The first-order valence-corrected chi connectivity index (χ1v) is 5.94. The molecule has 0 bridgehead atoms. The molecule has 1 aromatic carbocycles. The first-order valence-electron chi connectivity index (χ1n) is 4.68. The van der Waals surface area contributed by atoms with Crippen LogP contribution in [0.4, 0.5) is 5.69 Å². The maximum Gasteiger partial charge on any atom is 0.0928 e. The van der Waals surface area contributed by atoms with E-state index >= 15 is 0 Å². The van der Waals surface area contributed by atoms with Gasteiger partial charge in [0.2, 0.25) is 0 Å². The Morgan fingerprint density at radius 2 is 2.20 bits per heavy atom. The van der Waals surface area contributed by atoms with Crippen LogP contribution in [0, 0.1) is 0 Å². The molecule has 0 saturated heterocycles. The minimum absolute atomic E-state index is 0.619. The average molecular weight is 239 g/mol. The van der Waals surface area contributed by atoms with Crippen molar-refractivity contribution in [2.24, 2.45) is 0 Å². The van der Waals surface area contributed by atoms with Gasteiger partial charge in [0.15, 0.2) is 0 Å². The lowest BCUT2D eigenvalue weighted by molar-refractivity contribution is 0.944. The van der Waals surface area contributed by atoms with Gasteiger partial charge in [-0.2, -0.15) is 0 Å². The Hall–Kier alpha value is -1.06. The van der Waals surface area contributed by atoms with Gasteiger partial charge in [-0.05, 0) is 24.1 Å². The molecule has 0 unspecified atom stereocenters. The van der Waals surface area contributed by atoms with Crippen LogP contribution in [-0.2, 0) is 12.8 Å². The zero-order valence-electron chi connectivity index (χ0n) is 8.11. The van der Waals surface area contributed by atoms with E-state index in [4.69, 9.17) is 17.3 Å². The predicted molar refractivity (Wildman–Crippen MR) is 65.4 cm³/mol. The lowest BCUT2D eigenvalue weighted by Crippen LogP contribution is -1.93. The molecule has 15 heavy (non-hydrogen) atoms. The number of nitrogen functional groups attached to an aromatic ring is 1. The van der Waals surface area contributed by atoms with E-state index in [1.165, 1.54) is 5.56 Å². The number of nitrogens with two attached hydrogens (primary N) is 1. The van der Waals surface area contributed by atoms with Crippen molar-refractivity contribution in [3.05, 3.63) is 45.4 Å². The molecule has 0 fully saturated rings. The third-order valence-corrected chi connectivity index (χ3v) is 3.36. The van der Waals surface area contributed by atoms with Crippen molar-refractivity contribution in [3.63, 3.8) is 0 Å². The number of rotatable bonds is 3. The van der Waals surface area contributed by atoms with E-state index in [2.05, 4.69) is 4.98 Å². The van der Waals surface area contributed by atoms with Gasteiger partial charge in [0.25, 0.3) is 0 Å². The summed E-state index contributed by atoms with van der Waals surface area (Å²) >= 11 is 7.53. The second-order valence-electron chi connectivity index (χ2n) is 3.28. The molecule has 78 valence electrons. The monoisotopic (exact) mass is 238 g/mol. The third kappa shape index (κ3) is 2.70. The maximum absolute atomic E-state index is 5.85. The fraction of sp³-hybridized carbons (Fsp3) is 0.182. The average Bonchev–Trinajstić information content (AvgIpc) is 2.73. The molecule has 4 heteroatoms. The Kier molecular flexibility index (Phi) is 3.23. The summed E-state index contributed by atoms with van der Waals surface area (Å²) in [5, 5.41) is 3.77. The first-order chi connectivity index (χ1) is 7.25. The molecule has 0 spiro atoms. The minimum Gasteiger partial charge on any atom is -0.398 e. The predicted octanol–water partition coefficient (Wildman–Crippen LogP) is 3.16. The minimum atomic E-state index is 0.619. The lowest BCUT2D eigenvalue weighted by Gasteiger charge is -2.02. The molecule has 1 aromatic heterocycles. The second kappa shape index (κ2) is 4.64. The lowest BCUT2D eigenvalue weighted by atomic mass is 10.1. The van der Waals surface area contributed by atoms with Crippen LogP contribution in [0.1, 0.15) is 10.6 Å². The molecular weight excluding hydrogens is 228 g/mol. The summed E-state index contributed by atoms with van der Waals surface area (Å²) in [5.74, 6) is 0. The number of thiazole rings is 1. The first kappa shape index (κ1) is 10.5. The SMILES string of the molecule is Nc1cc(CCc2nccs2)ccc1Cl. The van der Waals surface area contributed by atoms with Gasteiger partial charge in [-0.15, -0.1) is 11.3 Å². The van der Waals surface area contributed by atoms with Gasteiger partial charge >= 0.3 is 0 Å². The fourth-order valence-corrected chi connectivity index (χ4v) is 2.11. The highest BCUT2D eigenvalue weighted by molar-refractivity contribution is 7.09. The van der Waals surface area contributed by atoms with Crippen LogP contribution in [0.3, 0.4) is 0 Å². The van der Waals surface area contributed by atoms with Crippen molar-refractivity contribution >= 4 is 28.6 Å². The highest BCUT2D eigenvalue weighted by Gasteiger charge is 2.00. The van der Waals surface area contributed by atoms with E-state index in [0.29, 0.717) is 10.7 Å². The van der Waals surface area contributed by atoms with E-state index in [-0.39, 0.29) is 0 Å². The van der Waals surface area contributed by atoms with Gasteiger partial charge in [0, 0.05) is 18.0 Å². The molecule has 1 heterocycles. The van der Waals surface area contributed by atoms with Crippen molar-refractivity contribution in [1.29, 1.82) is 0 Å². The number of hydrogen-bond donors (Lipinski definition) is 1. The molecule has 0 aliphatic heterocycles. The van der Waals surface area contributed by atoms with Gasteiger partial charge in [-0.25, -0.2) is 4.98 Å². The number of hydrogen-bond acceptors (Lipinski definition) is 3. The van der Waals surface area contributed by atoms with Crippen molar-refractivity contribution in [2.75, 3.05) is 5.73 Å². The summed E-state index contributed by atoms with van der Waals surface area (Å²) in [6, 6.07) is 5.77. The quantitative estimate of drug-likeness (QED) is 0.835. The second-order valence-corrected chi connectivity index (χ2v) is 4.67. The van der Waals surface area contributed by atoms with Crippen molar-refractivity contribution < 1.29 is 0 Å². The standard InChI is InChI=1S/C11H11ClN2S/c12-9-3-1-8(7-10(9)13)2-4-11-14-5-6-15-11/h1,3,5-7H,2,4,13H2. The fourth-order valence-electron chi connectivity index (χ4n) is 1.38. The molecule has 0 aliphatic carbocycles. The summed E-state index contributed by atoms with van der Waals surface area (Å²) in [6.07, 6.45) is 3.74. The molecule has 0 radical (unpaired) electrons. The van der Waals surface area contributed by atoms with E-state index < -0.39 is 0 Å². The number of nitrogens with zero attached hydrogens (tertiary/aromatic N) is 1. The van der Waals surface area contributed by atoms with Gasteiger partial charge in [-0.3, -0.25) is 0 Å². The highest BCUT2D eigenvalue weighted by Crippen LogP contribution is 2.20. The normalized spacial score (nSPS) is 10.5. The van der Waals surface area contributed by atoms with Gasteiger partial charge in [-0.1, -0.05) is 17.7 Å². The summed E-state index contributed by atoms with van der Waals surface area (Å²) < 4.78 is 0. The number of benzene rings is 1. The van der Waals surface area contributed by atoms with Crippen LogP contribution in [0.25, 0.3) is 0 Å². The molecule has 0 saturated carbocycles. The van der Waals surface area contributed by atoms with E-state index in [0.717, 1.165) is 17.8 Å². The molecule has 0 atom stereocenters. The number of aryl methyl sites for hydroxylation is 2. The van der Waals surface area contributed by atoms with E-state index in [1.54, 1.807) is 11.3 Å². The van der Waals surface area contributed by atoms with Crippen molar-refractivity contribution in [3.8, 4) is 0 Å². The molecule has 2 nitrogen and oxygen atoms in total. The molecule has 2 aromatic rings. The van der Waals surface area contributed by atoms with Crippen molar-refractivity contribution in [2.45, 2.75) is 12.8 Å². The number of aromatic nitrogens is 1. The summed E-state index contributed by atoms with van der Waals surface area (Å²) in [4.78, 5) is 4.23. The number of anilines is 1. The zero-order valence-corrected chi connectivity index (χ0v) is 9.68. The summed E-state index contributed by atoms with van der Waals surface area (Å²) in [7, 11) is 0. The molecular formula is C11H11ClN2S. The zero-order chi connectivity index (χ0) is 10.7. The Labute approximate surface area is 97.7 Å². The Morgan fingerprint density at radius 1 is 1.33 bits per heavy atom. The van der Waals surface area contributed by atoms with Crippen LogP contribution in [0.2, 0.25) is 5.02 Å². The van der Waals surface area contributed by atoms with Crippen LogP contribution in [-0.4, -0.2) is 4.98 Å². The van der Waals surface area contributed by atoms with Crippen LogP contribution in [0.15, 0.2) is 29.8 Å². The van der Waals surface area contributed by atoms with E-state index in [9.17, 15) is 0 Å². The van der Waals surface area contributed by atoms with Gasteiger partial charge in [0.05, 0.1) is 15.7 Å². The van der Waals surface area contributed by atoms with Crippen LogP contribution < -0.4 is 5.73 Å². The topological polar surface area (TPSA) is 38.9 Å². The molecule has 2 N–H and O–H groups in total. The molecule has 0 aliphatic rings. The largest absolute Gasteiger partial charge is 0.398 e. The van der Waals surface area contributed by atoms with Crippen LogP contribution >= 0.6 is 22.9 Å². The molecule has 0 amide bonds. The summed E-state index contributed by atoms with van der Waals surface area (Å²) in [6.45, 7) is 0. The van der Waals surface area contributed by atoms with Crippen LogP contribution in [0.5, 0.6) is 0 Å². The Balaban J connectivity index is 2.02. The Morgan fingerprint density at radius 3 is 2.87 bits per heavy atom. The van der Waals surface area contributed by atoms with Gasteiger partial charge < -0.3 is 5.73 Å². The maximum atomic E-state index is 5.85.